The average Bonchev–Trinajstić information content (AvgIpc) is 3.46. The molecule has 0 aromatic rings. The lowest BCUT2D eigenvalue weighted by atomic mass is 9.47. The zero-order valence-electron chi connectivity index (χ0n) is 26.1. The molecule has 0 saturated heterocycles. The van der Waals surface area contributed by atoms with Crippen LogP contribution in [0.3, 0.4) is 0 Å². The van der Waals surface area contributed by atoms with Crippen molar-refractivity contribution in [1.29, 1.82) is 0 Å². The van der Waals surface area contributed by atoms with Gasteiger partial charge in [-0.05, 0) is 115 Å². The quantitative estimate of drug-likeness (QED) is 0.332. The second-order valence-electron chi connectivity index (χ2n) is 17.3. The molecule has 0 heterocycles. The number of allylic oxidation sites excluding steroid dienone is 1. The summed E-state index contributed by atoms with van der Waals surface area (Å²) in [6.07, 6.45) is 9.73. The number of carbonyl (C=O) groups excluding carboxylic acids is 1. The minimum Gasteiger partial charge on any atom is -0.414 e. The number of hydrogen-bond acceptors (Lipinski definition) is 3. The highest BCUT2D eigenvalue weighted by atomic mass is 28.4. The Balaban J connectivity index is 1.40. The van der Waals surface area contributed by atoms with E-state index in [1.807, 2.05) is 0 Å². The number of rotatable bonds is 4. The summed E-state index contributed by atoms with van der Waals surface area (Å²) >= 11 is 0. The maximum Gasteiger partial charge on any atom is 0.192 e. The molecule has 5 rings (SSSR count). The van der Waals surface area contributed by atoms with Crippen molar-refractivity contribution >= 4 is 22.4 Å². The molecule has 0 N–H and O–H groups in total. The monoisotopic (exact) mass is 544 g/mol. The van der Waals surface area contributed by atoms with Crippen LogP contribution in [0.1, 0.15) is 93.9 Å². The van der Waals surface area contributed by atoms with E-state index < -0.39 is 16.6 Å². The number of ketones is 1. The van der Waals surface area contributed by atoms with Crippen molar-refractivity contribution in [1.82, 2.24) is 0 Å². The third-order valence-electron chi connectivity index (χ3n) is 13.1. The Morgan fingerprint density at radius 1 is 0.865 bits per heavy atom. The lowest BCUT2D eigenvalue weighted by Gasteiger charge is -2.58. The Kier molecular flexibility index (Phi) is 6.42. The summed E-state index contributed by atoms with van der Waals surface area (Å²) in [6, 6.07) is 0. The Labute approximate surface area is 230 Å². The predicted molar refractivity (Wildman–Crippen MR) is 159 cm³/mol. The maximum atomic E-state index is 14.0. The van der Waals surface area contributed by atoms with Crippen LogP contribution >= 0.6 is 0 Å². The molecule has 3 nitrogen and oxygen atoms in total. The van der Waals surface area contributed by atoms with Crippen LogP contribution in [-0.4, -0.2) is 34.6 Å². The van der Waals surface area contributed by atoms with Gasteiger partial charge in [0, 0.05) is 12.0 Å². The minimum absolute atomic E-state index is 0.157. The van der Waals surface area contributed by atoms with Crippen LogP contribution in [-0.2, 0) is 13.6 Å². The van der Waals surface area contributed by atoms with E-state index in [1.54, 1.807) is 0 Å². The SMILES string of the molecule is CC(C)(C)[Si](C)(C)O[C@H]1CC[C@@]2(C)C(=CC(=O)[C@H]3[C@@H]4[C@@H]5C[C@@H]5[C@H](O[Si](C)(C)C(C)(C)C)[C@@]4(C)CC[C@@H]32)C1. The van der Waals surface area contributed by atoms with Crippen LogP contribution in [0.15, 0.2) is 11.6 Å². The second kappa shape index (κ2) is 8.39. The number of fused-ring (bicyclic) bond motifs is 7. The molecule has 5 heteroatoms. The molecular weight excluding hydrogens is 489 g/mol. The molecule has 37 heavy (non-hydrogen) atoms. The summed E-state index contributed by atoms with van der Waals surface area (Å²) in [5.74, 6) is 3.04. The first-order chi connectivity index (χ1) is 16.7. The fourth-order valence-electron chi connectivity index (χ4n) is 8.66. The van der Waals surface area contributed by atoms with Crippen molar-refractivity contribution in [2.45, 2.75) is 142 Å². The summed E-state index contributed by atoms with van der Waals surface area (Å²) in [5, 5.41) is 0.440. The summed E-state index contributed by atoms with van der Waals surface area (Å²) in [5.41, 5.74) is 1.73. The summed E-state index contributed by atoms with van der Waals surface area (Å²) in [6.45, 7) is 28.7. The van der Waals surface area contributed by atoms with Crippen molar-refractivity contribution in [2.24, 2.45) is 40.4 Å². The smallest absolute Gasteiger partial charge is 0.192 e. The maximum absolute atomic E-state index is 14.0. The first-order valence-corrected chi connectivity index (χ1v) is 21.2. The molecule has 0 aromatic carbocycles. The van der Waals surface area contributed by atoms with Crippen molar-refractivity contribution in [3.05, 3.63) is 11.6 Å². The first-order valence-electron chi connectivity index (χ1n) is 15.3. The van der Waals surface area contributed by atoms with Crippen molar-refractivity contribution in [3.8, 4) is 0 Å². The Bertz CT molecular complexity index is 985. The van der Waals surface area contributed by atoms with Gasteiger partial charge in [0.05, 0.1) is 6.10 Å². The van der Waals surface area contributed by atoms with E-state index in [-0.39, 0.29) is 32.9 Å². The van der Waals surface area contributed by atoms with E-state index >= 15 is 0 Å². The molecule has 0 radical (unpaired) electrons. The zero-order valence-corrected chi connectivity index (χ0v) is 28.1. The summed E-state index contributed by atoms with van der Waals surface area (Å²) in [4.78, 5) is 14.0. The standard InChI is InChI=1S/C32H56O3Si2/c1-29(2,3)36(9,10)34-21-13-15-31(7)20(17-21)18-25(33)26-24(31)14-16-32(8)27(26)22-19-23(22)28(32)35-37(11,12)30(4,5)6/h18,21-24,26-28H,13-17,19H2,1-12H3/t21-,22+,23-,24-,26-,27-,28-,31-,32-/m0/s1. The van der Waals surface area contributed by atoms with Crippen LogP contribution in [0.2, 0.25) is 36.3 Å². The molecule has 0 amide bonds. The van der Waals surface area contributed by atoms with Gasteiger partial charge in [0.2, 0.25) is 0 Å². The summed E-state index contributed by atoms with van der Waals surface area (Å²) in [7, 11) is -3.68. The van der Waals surface area contributed by atoms with Gasteiger partial charge in [0.15, 0.2) is 22.4 Å². The van der Waals surface area contributed by atoms with Gasteiger partial charge in [-0.25, -0.2) is 0 Å². The van der Waals surface area contributed by atoms with E-state index in [9.17, 15) is 4.79 Å². The molecule has 4 fully saturated rings. The number of hydrogen-bond donors (Lipinski definition) is 0. The molecule has 0 aliphatic heterocycles. The van der Waals surface area contributed by atoms with Crippen LogP contribution in [0.25, 0.3) is 0 Å². The van der Waals surface area contributed by atoms with Crippen molar-refractivity contribution in [3.63, 3.8) is 0 Å². The van der Waals surface area contributed by atoms with Crippen molar-refractivity contribution < 1.29 is 13.6 Å². The van der Waals surface area contributed by atoms with E-state index in [0.717, 1.165) is 12.8 Å². The van der Waals surface area contributed by atoms with E-state index in [0.29, 0.717) is 35.6 Å². The molecule has 0 bridgehead atoms. The van der Waals surface area contributed by atoms with Crippen LogP contribution in [0.4, 0.5) is 0 Å². The highest BCUT2D eigenvalue weighted by molar-refractivity contribution is 6.74. The van der Waals surface area contributed by atoms with Crippen LogP contribution < -0.4 is 0 Å². The fourth-order valence-corrected chi connectivity index (χ4v) is 11.5. The third-order valence-corrected chi connectivity index (χ3v) is 22.1. The topological polar surface area (TPSA) is 35.5 Å². The zero-order chi connectivity index (χ0) is 27.6. The normalized spacial score (nSPS) is 43.9. The van der Waals surface area contributed by atoms with Gasteiger partial charge in [-0.15, -0.1) is 0 Å². The van der Waals surface area contributed by atoms with Gasteiger partial charge >= 0.3 is 0 Å². The Morgan fingerprint density at radius 3 is 2.05 bits per heavy atom. The molecule has 9 atom stereocenters. The largest absolute Gasteiger partial charge is 0.414 e. The highest BCUT2D eigenvalue weighted by Gasteiger charge is 2.72. The van der Waals surface area contributed by atoms with Gasteiger partial charge in [0.1, 0.15) is 0 Å². The Morgan fingerprint density at radius 2 is 1.46 bits per heavy atom. The number of carbonyl (C=O) groups is 1. The lowest BCUT2D eigenvalue weighted by molar-refractivity contribution is -0.138. The van der Waals surface area contributed by atoms with Crippen molar-refractivity contribution in [2.75, 3.05) is 0 Å². The fraction of sp³-hybridized carbons (Fsp3) is 0.906. The predicted octanol–water partition coefficient (Wildman–Crippen LogP) is 8.76. The first kappa shape index (κ1) is 28.3. The molecular formula is C32H56O3Si2. The van der Waals surface area contributed by atoms with Crippen LogP contribution in [0.5, 0.6) is 0 Å². The highest BCUT2D eigenvalue weighted by Crippen LogP contribution is 2.74. The van der Waals surface area contributed by atoms with Crippen LogP contribution in [0, 0.1) is 40.4 Å². The second-order valence-corrected chi connectivity index (χ2v) is 26.8. The third kappa shape index (κ3) is 4.27. The lowest BCUT2D eigenvalue weighted by Crippen LogP contribution is -2.57. The van der Waals surface area contributed by atoms with E-state index in [1.165, 1.54) is 31.3 Å². The average molecular weight is 545 g/mol. The van der Waals surface area contributed by atoms with Gasteiger partial charge in [-0.1, -0.05) is 61.0 Å². The molecule has 4 saturated carbocycles. The molecule has 0 unspecified atom stereocenters. The van der Waals surface area contributed by atoms with Gasteiger partial charge in [-0.3, -0.25) is 4.79 Å². The molecule has 5 aliphatic rings. The van der Waals surface area contributed by atoms with Gasteiger partial charge < -0.3 is 8.85 Å². The van der Waals surface area contributed by atoms with Gasteiger partial charge in [0.25, 0.3) is 0 Å². The summed E-state index contributed by atoms with van der Waals surface area (Å²) < 4.78 is 14.1. The van der Waals surface area contributed by atoms with Gasteiger partial charge in [-0.2, -0.15) is 0 Å². The van der Waals surface area contributed by atoms with E-state index in [4.69, 9.17) is 8.85 Å². The Hall–Kier alpha value is -0.236. The molecule has 0 aromatic heterocycles. The molecule has 210 valence electrons. The van der Waals surface area contributed by atoms with E-state index in [2.05, 4.69) is 87.7 Å². The molecule has 0 spiro atoms. The minimum atomic E-state index is -1.86. The molecule has 5 aliphatic carbocycles.